The predicted molar refractivity (Wildman–Crippen MR) is 24.1 cm³/mol. The van der Waals surface area contributed by atoms with Crippen molar-refractivity contribution in [2.45, 2.75) is 26.3 Å². The maximum atomic E-state index is 6.94. The first-order valence-corrected chi connectivity index (χ1v) is 1.75. The van der Waals surface area contributed by atoms with Crippen LogP contribution in [0.2, 0.25) is 0 Å². The summed E-state index contributed by atoms with van der Waals surface area (Å²) in [7, 11) is 0. The van der Waals surface area contributed by atoms with Crippen LogP contribution in [-0.2, 0) is 0 Å². The molecule has 0 aromatic rings. The molecule has 0 aliphatic carbocycles. The zero-order valence-corrected chi connectivity index (χ0v) is 8.12. The van der Waals surface area contributed by atoms with Gasteiger partial charge in [0.2, 0.25) is 0 Å². The van der Waals surface area contributed by atoms with Crippen LogP contribution in [0.15, 0.2) is 0 Å². The molecule has 0 heterocycles. The first-order chi connectivity index (χ1) is 2.00. The Morgan fingerprint density at radius 2 is 1.17 bits per heavy atom. The summed E-state index contributed by atoms with van der Waals surface area (Å²) in [6, 6.07) is 0. The molecule has 0 radical (unpaired) electrons. The van der Waals surface area contributed by atoms with Gasteiger partial charge in [0.15, 0.2) is 0 Å². The van der Waals surface area contributed by atoms with Crippen molar-refractivity contribution in [3.05, 3.63) is 5.73 Å². The Bertz CT molecular complexity index is 23.0. The van der Waals surface area contributed by atoms with E-state index in [1.54, 1.807) is 0 Å². The van der Waals surface area contributed by atoms with Crippen LogP contribution in [0, 0.1) is 0 Å². The molecule has 0 atom stereocenters. The largest absolute Gasteiger partial charge is 1.00 e. The molecular formula is C4H10KN. The van der Waals surface area contributed by atoms with Crippen LogP contribution in [0.3, 0.4) is 0 Å². The van der Waals surface area contributed by atoms with Crippen molar-refractivity contribution >= 4 is 0 Å². The molecule has 0 rings (SSSR count). The Hall–Kier alpha value is 1.60. The second kappa shape index (κ2) is 3.58. The van der Waals surface area contributed by atoms with Crippen molar-refractivity contribution in [1.29, 1.82) is 0 Å². The van der Waals surface area contributed by atoms with Crippen molar-refractivity contribution in [1.82, 2.24) is 0 Å². The van der Waals surface area contributed by atoms with Crippen LogP contribution in [0.4, 0.5) is 0 Å². The van der Waals surface area contributed by atoms with Crippen LogP contribution in [0.25, 0.3) is 5.73 Å². The third-order valence-corrected chi connectivity index (χ3v) is 0. The predicted octanol–water partition coefficient (Wildman–Crippen LogP) is -1.16. The minimum Gasteiger partial charge on any atom is -0.673 e. The summed E-state index contributed by atoms with van der Waals surface area (Å²) in [6.07, 6.45) is 0. The number of hydrogen-bond acceptors (Lipinski definition) is 0. The Morgan fingerprint density at radius 3 is 1.17 bits per heavy atom. The summed E-state index contributed by atoms with van der Waals surface area (Å²) in [4.78, 5) is 0. The molecule has 0 bridgehead atoms. The molecule has 0 unspecified atom stereocenters. The number of hydrogen-bond donors (Lipinski definition) is 0. The van der Waals surface area contributed by atoms with Crippen LogP contribution in [0.1, 0.15) is 20.8 Å². The van der Waals surface area contributed by atoms with E-state index < -0.39 is 0 Å². The third-order valence-electron chi connectivity index (χ3n) is 0. The van der Waals surface area contributed by atoms with E-state index in [1.165, 1.54) is 0 Å². The van der Waals surface area contributed by atoms with Crippen molar-refractivity contribution in [3.63, 3.8) is 0 Å². The first-order valence-electron chi connectivity index (χ1n) is 1.75. The molecule has 0 aliphatic heterocycles. The topological polar surface area (TPSA) is 23.8 Å². The molecule has 32 valence electrons. The molecule has 0 aromatic heterocycles. The molecule has 0 aromatic carbocycles. The number of rotatable bonds is 0. The molecule has 6 heavy (non-hydrogen) atoms. The van der Waals surface area contributed by atoms with Crippen LogP contribution >= 0.6 is 0 Å². The standard InChI is InChI=1S/C4H10N.K/c1-4(2,3)5;/h5H,1-3H3;/q-1;+1. The Kier molecular flexibility index (Phi) is 6.30. The molecule has 0 aliphatic rings. The molecule has 0 saturated heterocycles. The maximum Gasteiger partial charge on any atom is 1.00 e. The van der Waals surface area contributed by atoms with Gasteiger partial charge in [-0.15, -0.1) is 5.54 Å². The summed E-state index contributed by atoms with van der Waals surface area (Å²) in [5.74, 6) is 0. The van der Waals surface area contributed by atoms with E-state index in [4.69, 9.17) is 5.73 Å². The van der Waals surface area contributed by atoms with E-state index in [9.17, 15) is 0 Å². The summed E-state index contributed by atoms with van der Waals surface area (Å²) in [6.45, 7) is 5.56. The van der Waals surface area contributed by atoms with E-state index in [0.29, 0.717) is 0 Å². The quantitative estimate of drug-likeness (QED) is 0.352. The van der Waals surface area contributed by atoms with Gasteiger partial charge in [-0.25, -0.2) is 0 Å². The second-order valence-corrected chi connectivity index (χ2v) is 2.25. The molecule has 0 saturated carbocycles. The van der Waals surface area contributed by atoms with Crippen LogP contribution in [-0.4, -0.2) is 5.54 Å². The Morgan fingerprint density at radius 1 is 1.17 bits per heavy atom. The summed E-state index contributed by atoms with van der Waals surface area (Å²) >= 11 is 0. The Labute approximate surface area is 82.1 Å². The van der Waals surface area contributed by atoms with Gasteiger partial charge in [0.1, 0.15) is 0 Å². The minimum absolute atomic E-state index is 0. The van der Waals surface area contributed by atoms with E-state index in [2.05, 4.69) is 0 Å². The molecule has 1 N–H and O–H groups in total. The van der Waals surface area contributed by atoms with E-state index >= 15 is 0 Å². The van der Waals surface area contributed by atoms with Gasteiger partial charge >= 0.3 is 51.4 Å². The molecule has 0 amide bonds. The van der Waals surface area contributed by atoms with E-state index in [0.717, 1.165) is 0 Å². The second-order valence-electron chi connectivity index (χ2n) is 2.25. The van der Waals surface area contributed by atoms with Crippen LogP contribution in [0.5, 0.6) is 0 Å². The van der Waals surface area contributed by atoms with Gasteiger partial charge in [-0.1, -0.05) is 20.8 Å². The van der Waals surface area contributed by atoms with Gasteiger partial charge in [-0.3, -0.25) is 0 Å². The average molecular weight is 111 g/mol. The zero-order valence-electron chi connectivity index (χ0n) is 5.00. The van der Waals surface area contributed by atoms with Crippen LogP contribution < -0.4 is 51.4 Å². The van der Waals surface area contributed by atoms with E-state index in [-0.39, 0.29) is 56.9 Å². The van der Waals surface area contributed by atoms with Gasteiger partial charge in [0.25, 0.3) is 0 Å². The third kappa shape index (κ3) is 46.4. The fourth-order valence-corrected chi connectivity index (χ4v) is 0. The molecule has 0 fully saturated rings. The van der Waals surface area contributed by atoms with Crippen molar-refractivity contribution in [2.24, 2.45) is 0 Å². The van der Waals surface area contributed by atoms with Crippen molar-refractivity contribution in [3.8, 4) is 0 Å². The van der Waals surface area contributed by atoms with Gasteiger partial charge in [0.05, 0.1) is 0 Å². The van der Waals surface area contributed by atoms with Crippen molar-refractivity contribution in [2.75, 3.05) is 0 Å². The van der Waals surface area contributed by atoms with Crippen molar-refractivity contribution < 1.29 is 51.4 Å². The fourth-order valence-electron chi connectivity index (χ4n) is 0. The summed E-state index contributed by atoms with van der Waals surface area (Å²) in [5.41, 5.74) is 6.69. The van der Waals surface area contributed by atoms with E-state index in [1.807, 2.05) is 20.8 Å². The SMILES string of the molecule is CC(C)(C)[NH-].[K+]. The van der Waals surface area contributed by atoms with Gasteiger partial charge in [-0.2, -0.15) is 0 Å². The number of nitrogens with one attached hydrogen (secondary N) is 1. The average Bonchev–Trinajstić information content (AvgIpc) is 0.722. The normalized spacial score (nSPS) is 10.0. The smallest absolute Gasteiger partial charge is 0.673 e. The summed E-state index contributed by atoms with van der Waals surface area (Å²) < 4.78 is 0. The fraction of sp³-hybridized carbons (Fsp3) is 1.00. The Balaban J connectivity index is 0. The zero-order chi connectivity index (χ0) is 4.50. The molecule has 0 spiro atoms. The first kappa shape index (κ1) is 10.6. The van der Waals surface area contributed by atoms with Gasteiger partial charge in [0, 0.05) is 0 Å². The molecule has 1 nitrogen and oxygen atoms in total. The van der Waals surface area contributed by atoms with Gasteiger partial charge in [-0.05, 0) is 0 Å². The van der Waals surface area contributed by atoms with Gasteiger partial charge < -0.3 is 5.73 Å². The maximum absolute atomic E-state index is 6.94. The molecule has 2 heteroatoms. The summed E-state index contributed by atoms with van der Waals surface area (Å²) in [5, 5.41) is 0. The molecular weight excluding hydrogens is 101 g/mol. The minimum atomic E-state index is -0.250. The monoisotopic (exact) mass is 111 g/mol.